The molecule has 0 radical (unpaired) electrons. The molecule has 0 bridgehead atoms. The van der Waals surface area contributed by atoms with Gasteiger partial charge in [-0.05, 0) is 44.5 Å². The first-order chi connectivity index (χ1) is 18.3. The summed E-state index contributed by atoms with van der Waals surface area (Å²) in [5.41, 5.74) is 2.52. The topological polar surface area (TPSA) is 89.6 Å². The van der Waals surface area contributed by atoms with Crippen LogP contribution in [0.1, 0.15) is 37.1 Å². The molecule has 9 nitrogen and oxygen atoms in total. The maximum absolute atomic E-state index is 15.3. The van der Waals surface area contributed by atoms with E-state index < -0.39 is 5.82 Å². The smallest absolute Gasteiger partial charge is 0.229 e. The fourth-order valence-corrected chi connectivity index (χ4v) is 5.17. The van der Waals surface area contributed by atoms with E-state index in [0.717, 1.165) is 19.5 Å². The molecule has 5 heterocycles. The number of likely N-dealkylation sites (tertiary alicyclic amines) is 1. The number of nitrogens with one attached hydrogen (secondary N) is 1. The maximum atomic E-state index is 15.3. The summed E-state index contributed by atoms with van der Waals surface area (Å²) in [5, 5.41) is 11.5. The lowest BCUT2D eigenvalue weighted by atomic mass is 10.0. The molecule has 1 aliphatic heterocycles. The van der Waals surface area contributed by atoms with E-state index in [4.69, 9.17) is 4.74 Å². The van der Waals surface area contributed by atoms with Gasteiger partial charge in [-0.3, -0.25) is 19.4 Å². The Morgan fingerprint density at radius 2 is 2.08 bits per heavy atom. The summed E-state index contributed by atoms with van der Waals surface area (Å²) in [5.74, 6) is -0.505. The normalized spacial score (nSPS) is 20.9. The zero-order chi connectivity index (χ0) is 26.6. The first-order valence-electron chi connectivity index (χ1n) is 12.8. The van der Waals surface area contributed by atoms with Crippen molar-refractivity contribution in [1.29, 1.82) is 0 Å². The summed E-state index contributed by atoms with van der Waals surface area (Å²) in [7, 11) is 1.75. The van der Waals surface area contributed by atoms with E-state index in [1.165, 1.54) is 16.8 Å². The van der Waals surface area contributed by atoms with Gasteiger partial charge < -0.3 is 10.1 Å². The number of aryl methyl sites for hydroxylation is 2. The Morgan fingerprint density at radius 3 is 2.82 bits per heavy atom. The van der Waals surface area contributed by atoms with E-state index in [2.05, 4.69) is 32.3 Å². The van der Waals surface area contributed by atoms with Crippen LogP contribution in [0.4, 0.5) is 14.6 Å². The number of anilines is 1. The second kappa shape index (κ2) is 9.46. The lowest BCUT2D eigenvalue weighted by Gasteiger charge is -2.39. The van der Waals surface area contributed by atoms with Crippen LogP contribution in [0.15, 0.2) is 36.7 Å². The summed E-state index contributed by atoms with van der Waals surface area (Å²) < 4.78 is 37.9. The van der Waals surface area contributed by atoms with Gasteiger partial charge in [0.05, 0.1) is 23.6 Å². The Morgan fingerprint density at radius 1 is 1.24 bits per heavy atom. The average Bonchev–Trinajstić information content (AvgIpc) is 3.46. The number of carbonyl (C=O) groups is 1. The van der Waals surface area contributed by atoms with E-state index in [1.54, 1.807) is 43.0 Å². The first kappa shape index (κ1) is 24.5. The van der Waals surface area contributed by atoms with Crippen LogP contribution in [0.2, 0.25) is 0 Å². The van der Waals surface area contributed by atoms with Crippen molar-refractivity contribution < 1.29 is 18.3 Å². The minimum absolute atomic E-state index is 0.0528. The number of hydrogen-bond acceptors (Lipinski definition) is 6. The predicted molar refractivity (Wildman–Crippen MR) is 137 cm³/mol. The largest absolute Gasteiger partial charge is 0.488 e. The summed E-state index contributed by atoms with van der Waals surface area (Å²) >= 11 is 0. The number of rotatable bonds is 8. The maximum Gasteiger partial charge on any atom is 0.229 e. The van der Waals surface area contributed by atoms with Crippen LogP contribution in [0, 0.1) is 24.5 Å². The van der Waals surface area contributed by atoms with Gasteiger partial charge in [-0.1, -0.05) is 6.92 Å². The standard InChI is InChI=1S/C27H29F2N7O2/c1-4-35-8-7-16(35)14-38-24-12-30-34(3)26(24)20-9-17-10-25(33-36(17)13-22(20)29)32-27(37)19-11-18(19)23-6-5-21(28)15(2)31-23/h5-6,9-10,12-13,16,18-19H,4,7-8,11,14H2,1-3H3,(H,32,33,37)/t16-,18-,19-/m1/s1. The van der Waals surface area contributed by atoms with Crippen molar-refractivity contribution in [3.8, 4) is 17.0 Å². The highest BCUT2D eigenvalue weighted by molar-refractivity contribution is 5.95. The number of pyridine rings is 2. The molecule has 198 valence electrons. The molecule has 0 aromatic carbocycles. The van der Waals surface area contributed by atoms with Crippen LogP contribution >= 0.6 is 0 Å². The zero-order valence-corrected chi connectivity index (χ0v) is 21.5. The van der Waals surface area contributed by atoms with Gasteiger partial charge in [0.2, 0.25) is 5.91 Å². The fraction of sp³-hybridized carbons (Fsp3) is 0.407. The number of hydrogen-bond donors (Lipinski definition) is 1. The van der Waals surface area contributed by atoms with E-state index in [-0.39, 0.29) is 23.6 Å². The van der Waals surface area contributed by atoms with Crippen molar-refractivity contribution in [2.45, 2.75) is 38.6 Å². The molecule has 0 spiro atoms. The number of fused-ring (bicyclic) bond motifs is 1. The molecule has 11 heteroatoms. The predicted octanol–water partition coefficient (Wildman–Crippen LogP) is 3.93. The van der Waals surface area contributed by atoms with Crippen LogP contribution in [-0.4, -0.2) is 60.9 Å². The van der Waals surface area contributed by atoms with Gasteiger partial charge in [0.1, 0.15) is 18.1 Å². The molecule has 3 atom stereocenters. The van der Waals surface area contributed by atoms with Gasteiger partial charge in [0.25, 0.3) is 0 Å². The Balaban J connectivity index is 1.18. The molecular weight excluding hydrogens is 492 g/mol. The number of halogens is 2. The third kappa shape index (κ3) is 4.40. The first-order valence-corrected chi connectivity index (χ1v) is 12.8. The third-order valence-electron chi connectivity index (χ3n) is 7.61. The Kier molecular flexibility index (Phi) is 6.10. The molecule has 0 unspecified atom stereocenters. The quantitative estimate of drug-likeness (QED) is 0.378. The average molecular weight is 522 g/mol. The highest BCUT2D eigenvalue weighted by Crippen LogP contribution is 2.47. The second-order valence-electron chi connectivity index (χ2n) is 10.0. The van der Waals surface area contributed by atoms with Crippen molar-refractivity contribution in [2.24, 2.45) is 13.0 Å². The third-order valence-corrected chi connectivity index (χ3v) is 7.61. The number of aromatic nitrogens is 5. The summed E-state index contributed by atoms with van der Waals surface area (Å²) in [6, 6.07) is 6.73. The molecular formula is C27H29F2N7O2. The van der Waals surface area contributed by atoms with Crippen molar-refractivity contribution in [2.75, 3.05) is 25.0 Å². The van der Waals surface area contributed by atoms with Crippen LogP contribution < -0.4 is 10.1 Å². The Bertz CT molecular complexity index is 1530. The van der Waals surface area contributed by atoms with Crippen LogP contribution in [0.25, 0.3) is 16.8 Å². The second-order valence-corrected chi connectivity index (χ2v) is 10.0. The molecule has 4 aromatic heterocycles. The number of amides is 1. The van der Waals surface area contributed by atoms with Crippen LogP contribution in [0.5, 0.6) is 5.75 Å². The van der Waals surface area contributed by atoms with Crippen molar-refractivity contribution >= 4 is 17.2 Å². The van der Waals surface area contributed by atoms with E-state index in [0.29, 0.717) is 58.8 Å². The molecule has 1 saturated carbocycles. The molecule has 1 aliphatic carbocycles. The number of nitrogens with zero attached hydrogens (tertiary/aromatic N) is 6. The summed E-state index contributed by atoms with van der Waals surface area (Å²) in [4.78, 5) is 19.4. The van der Waals surface area contributed by atoms with Gasteiger partial charge in [0.15, 0.2) is 17.4 Å². The highest BCUT2D eigenvalue weighted by atomic mass is 19.1. The zero-order valence-electron chi connectivity index (χ0n) is 21.5. The Labute approximate surface area is 218 Å². The lowest BCUT2D eigenvalue weighted by Crippen LogP contribution is -2.50. The number of likely N-dealkylation sites (N-methyl/N-ethyl adjacent to an activating group) is 1. The van der Waals surface area contributed by atoms with Gasteiger partial charge >= 0.3 is 0 Å². The van der Waals surface area contributed by atoms with E-state index >= 15 is 4.39 Å². The lowest BCUT2D eigenvalue weighted by molar-refractivity contribution is -0.117. The molecule has 1 N–H and O–H groups in total. The molecule has 4 aromatic rings. The van der Waals surface area contributed by atoms with Gasteiger partial charge in [-0.15, -0.1) is 5.10 Å². The molecule has 1 saturated heterocycles. The molecule has 38 heavy (non-hydrogen) atoms. The molecule has 1 amide bonds. The highest BCUT2D eigenvalue weighted by Gasteiger charge is 2.45. The molecule has 2 fully saturated rings. The van der Waals surface area contributed by atoms with Gasteiger partial charge in [-0.25, -0.2) is 13.3 Å². The minimum Gasteiger partial charge on any atom is -0.488 e. The van der Waals surface area contributed by atoms with E-state index in [1.807, 2.05) is 0 Å². The van der Waals surface area contributed by atoms with Gasteiger partial charge in [0, 0.05) is 48.8 Å². The Hall–Kier alpha value is -3.86. The van der Waals surface area contributed by atoms with E-state index in [9.17, 15) is 9.18 Å². The SMILES string of the molecule is CCN1CC[C@@H]1COc1cnn(C)c1-c1cc2cc(NC(=O)[C@@H]3C[C@H]3c3ccc(F)c(C)n3)nn2cc1F. The fourth-order valence-electron chi connectivity index (χ4n) is 5.17. The molecule has 2 aliphatic rings. The van der Waals surface area contributed by atoms with Crippen molar-refractivity contribution in [1.82, 2.24) is 29.3 Å². The van der Waals surface area contributed by atoms with Crippen LogP contribution in [0.3, 0.4) is 0 Å². The van der Waals surface area contributed by atoms with Crippen LogP contribution in [-0.2, 0) is 11.8 Å². The number of ether oxygens (including phenoxy) is 1. The number of carbonyl (C=O) groups excluding carboxylic acids is 1. The monoisotopic (exact) mass is 521 g/mol. The summed E-state index contributed by atoms with van der Waals surface area (Å²) in [6.45, 7) is 6.30. The van der Waals surface area contributed by atoms with Gasteiger partial charge in [-0.2, -0.15) is 5.10 Å². The summed E-state index contributed by atoms with van der Waals surface area (Å²) in [6.07, 6.45) is 4.61. The van der Waals surface area contributed by atoms with Crippen molar-refractivity contribution in [3.05, 3.63) is 59.7 Å². The molecule has 6 rings (SSSR count). The van der Waals surface area contributed by atoms with Crippen molar-refractivity contribution in [3.63, 3.8) is 0 Å². The minimum atomic E-state index is -0.481.